The molecule has 0 unspecified atom stereocenters. The van der Waals surface area contributed by atoms with Crippen LogP contribution in [0.2, 0.25) is 0 Å². The topological polar surface area (TPSA) is 78.9 Å². The largest absolute Gasteiger partial charge is 0.573 e. The maximum Gasteiger partial charge on any atom is 0.573 e. The van der Waals surface area contributed by atoms with Gasteiger partial charge in [0, 0.05) is 18.7 Å². The van der Waals surface area contributed by atoms with E-state index >= 15 is 0 Å². The van der Waals surface area contributed by atoms with E-state index in [1.165, 1.54) is 24.3 Å². The Morgan fingerprint density at radius 3 is 2.55 bits per heavy atom. The third-order valence-corrected chi connectivity index (χ3v) is 6.10. The highest BCUT2D eigenvalue weighted by Crippen LogP contribution is 2.44. The molecule has 1 aliphatic carbocycles. The van der Waals surface area contributed by atoms with Crippen LogP contribution in [0.5, 0.6) is 5.75 Å². The number of fused-ring (bicyclic) bond motifs is 1. The minimum atomic E-state index is -4.74. The molecule has 31 heavy (non-hydrogen) atoms. The van der Waals surface area contributed by atoms with Crippen molar-refractivity contribution in [3.05, 3.63) is 64.7 Å². The van der Waals surface area contributed by atoms with E-state index in [0.29, 0.717) is 37.9 Å². The van der Waals surface area contributed by atoms with Crippen LogP contribution in [-0.4, -0.2) is 34.8 Å². The van der Waals surface area contributed by atoms with Crippen molar-refractivity contribution < 1.29 is 32.7 Å². The van der Waals surface area contributed by atoms with E-state index in [0.717, 1.165) is 23.1 Å². The molecule has 9 heteroatoms. The zero-order chi connectivity index (χ0) is 22.2. The van der Waals surface area contributed by atoms with Crippen molar-refractivity contribution >= 4 is 11.8 Å². The smallest absolute Gasteiger partial charge is 0.406 e. The molecule has 0 bridgehead atoms. The molecule has 2 aromatic carbocycles. The van der Waals surface area contributed by atoms with Gasteiger partial charge in [-0.25, -0.2) is 5.48 Å². The fourth-order valence-electron chi connectivity index (χ4n) is 4.52. The van der Waals surface area contributed by atoms with Gasteiger partial charge in [-0.3, -0.25) is 14.8 Å². The number of hydrogen-bond acceptors (Lipinski definition) is 4. The monoisotopic (exact) mass is 434 g/mol. The number of aryl methyl sites for hydroxylation is 1. The van der Waals surface area contributed by atoms with Crippen molar-refractivity contribution in [2.45, 2.75) is 38.6 Å². The summed E-state index contributed by atoms with van der Waals surface area (Å²) in [4.78, 5) is 26.7. The molecule has 6 nitrogen and oxygen atoms in total. The molecule has 0 saturated carbocycles. The quantitative estimate of drug-likeness (QED) is 0.569. The Balaban J connectivity index is 1.46. The van der Waals surface area contributed by atoms with Crippen LogP contribution in [0, 0.1) is 5.41 Å². The van der Waals surface area contributed by atoms with Gasteiger partial charge in [0.05, 0.1) is 5.41 Å². The lowest BCUT2D eigenvalue weighted by Gasteiger charge is -2.33. The molecule has 1 saturated heterocycles. The van der Waals surface area contributed by atoms with E-state index in [1.807, 2.05) is 6.07 Å². The van der Waals surface area contributed by atoms with Gasteiger partial charge in [-0.15, -0.1) is 13.2 Å². The Bertz CT molecular complexity index is 1010. The minimum absolute atomic E-state index is 0.0192. The molecule has 0 aromatic heterocycles. The molecule has 2 aliphatic rings. The Labute approximate surface area is 176 Å². The number of benzene rings is 2. The van der Waals surface area contributed by atoms with Gasteiger partial charge in [0.25, 0.3) is 5.91 Å². The predicted octanol–water partition coefficient (Wildman–Crippen LogP) is 3.61. The summed E-state index contributed by atoms with van der Waals surface area (Å²) in [5, 5.41) is 8.86. The van der Waals surface area contributed by atoms with Crippen molar-refractivity contribution in [2.24, 2.45) is 5.41 Å². The van der Waals surface area contributed by atoms with Gasteiger partial charge < -0.3 is 9.64 Å². The summed E-state index contributed by atoms with van der Waals surface area (Å²) in [6.07, 6.45) is -2.12. The van der Waals surface area contributed by atoms with Crippen LogP contribution < -0.4 is 10.2 Å². The summed E-state index contributed by atoms with van der Waals surface area (Å²) in [7, 11) is 0. The number of nitrogens with zero attached hydrogens (tertiary/aromatic N) is 1. The molecule has 4 rings (SSSR count). The highest BCUT2D eigenvalue weighted by molar-refractivity contribution is 5.93. The Morgan fingerprint density at radius 2 is 1.87 bits per heavy atom. The van der Waals surface area contributed by atoms with E-state index in [4.69, 9.17) is 5.21 Å². The van der Waals surface area contributed by atoms with Gasteiger partial charge in [0.15, 0.2) is 0 Å². The third kappa shape index (κ3) is 4.36. The van der Waals surface area contributed by atoms with Crippen LogP contribution in [-0.2, 0) is 24.2 Å². The van der Waals surface area contributed by atoms with Crippen molar-refractivity contribution in [2.75, 3.05) is 6.54 Å². The highest BCUT2D eigenvalue weighted by atomic mass is 19.4. The molecule has 1 heterocycles. The molecule has 1 atom stereocenters. The van der Waals surface area contributed by atoms with Gasteiger partial charge in [0.1, 0.15) is 5.75 Å². The fraction of sp³-hybridized carbons (Fsp3) is 0.364. The summed E-state index contributed by atoms with van der Waals surface area (Å²) in [5.74, 6) is -0.877. The van der Waals surface area contributed by atoms with Crippen molar-refractivity contribution in [3.8, 4) is 5.75 Å². The molecular weight excluding hydrogens is 413 g/mol. The predicted molar refractivity (Wildman–Crippen MR) is 103 cm³/mol. The number of nitrogens with one attached hydrogen (secondary N) is 1. The number of amides is 2. The van der Waals surface area contributed by atoms with Gasteiger partial charge in [-0.05, 0) is 66.6 Å². The average Bonchev–Trinajstić information content (AvgIpc) is 3.02. The number of hydrogen-bond donors (Lipinski definition) is 2. The Hall–Kier alpha value is -3.07. The number of ether oxygens (including phenoxy) is 1. The molecule has 0 radical (unpaired) electrons. The Morgan fingerprint density at radius 1 is 1.13 bits per heavy atom. The second-order valence-corrected chi connectivity index (χ2v) is 8.05. The SMILES string of the molecule is O=C(NO)c1ccc2c(c1)C[C@@]1(CC2)CCN(Cc2ccc(OC(F)(F)F)cc2)C1=O. The standard InChI is InChI=1S/C22H21F3N2O4/c23-22(24,25)31-18-5-1-14(2-6-18)13-27-10-9-21(20(27)29)8-7-15-3-4-16(19(28)26-30)11-17(15)12-21/h1-6,11,30H,7-10,12-13H2,(H,26,28)/t21-/m1/s1. The van der Waals surface area contributed by atoms with Crippen LogP contribution in [0.3, 0.4) is 0 Å². The molecule has 2 aromatic rings. The van der Waals surface area contributed by atoms with E-state index in [2.05, 4.69) is 4.74 Å². The molecule has 1 spiro atoms. The number of hydroxylamine groups is 1. The molecule has 1 aliphatic heterocycles. The van der Waals surface area contributed by atoms with E-state index < -0.39 is 17.7 Å². The molecule has 2 amide bonds. The lowest BCUT2D eigenvalue weighted by molar-refractivity contribution is -0.274. The first-order valence-electron chi connectivity index (χ1n) is 9.89. The van der Waals surface area contributed by atoms with Gasteiger partial charge in [-0.1, -0.05) is 18.2 Å². The number of rotatable bonds is 4. The lowest BCUT2D eigenvalue weighted by Crippen LogP contribution is -2.38. The van der Waals surface area contributed by atoms with Crippen LogP contribution >= 0.6 is 0 Å². The normalized spacial score (nSPS) is 20.6. The maximum absolute atomic E-state index is 13.3. The number of alkyl halides is 3. The number of likely N-dealkylation sites (tertiary alicyclic amines) is 1. The van der Waals surface area contributed by atoms with E-state index in [9.17, 15) is 22.8 Å². The first kappa shape index (κ1) is 21.2. The molecule has 1 fully saturated rings. The number of halogens is 3. The zero-order valence-corrected chi connectivity index (χ0v) is 16.5. The molecule has 2 N–H and O–H groups in total. The number of carbonyl (C=O) groups excluding carboxylic acids is 2. The van der Waals surface area contributed by atoms with Gasteiger partial charge in [-0.2, -0.15) is 0 Å². The van der Waals surface area contributed by atoms with Crippen molar-refractivity contribution in [1.29, 1.82) is 0 Å². The van der Waals surface area contributed by atoms with E-state index in [-0.39, 0.29) is 11.7 Å². The second kappa shape index (κ2) is 7.88. The van der Waals surface area contributed by atoms with Gasteiger partial charge >= 0.3 is 6.36 Å². The Kier molecular flexibility index (Phi) is 5.38. The first-order valence-corrected chi connectivity index (χ1v) is 9.89. The minimum Gasteiger partial charge on any atom is -0.406 e. The summed E-state index contributed by atoms with van der Waals surface area (Å²) in [5.41, 5.74) is 4.15. The van der Waals surface area contributed by atoms with Crippen molar-refractivity contribution in [1.82, 2.24) is 10.4 Å². The first-order chi connectivity index (χ1) is 14.7. The fourth-order valence-corrected chi connectivity index (χ4v) is 4.52. The molecule has 164 valence electrons. The second-order valence-electron chi connectivity index (χ2n) is 8.05. The molecular formula is C22H21F3N2O4. The lowest BCUT2D eigenvalue weighted by atomic mass is 9.70. The summed E-state index contributed by atoms with van der Waals surface area (Å²) >= 11 is 0. The zero-order valence-electron chi connectivity index (χ0n) is 16.5. The van der Waals surface area contributed by atoms with Crippen LogP contribution in [0.4, 0.5) is 13.2 Å². The van der Waals surface area contributed by atoms with Crippen LogP contribution in [0.1, 0.15) is 39.9 Å². The van der Waals surface area contributed by atoms with Crippen molar-refractivity contribution in [3.63, 3.8) is 0 Å². The van der Waals surface area contributed by atoms with Crippen LogP contribution in [0.15, 0.2) is 42.5 Å². The summed E-state index contributed by atoms with van der Waals surface area (Å²) < 4.78 is 40.8. The van der Waals surface area contributed by atoms with Crippen LogP contribution in [0.25, 0.3) is 0 Å². The number of carbonyl (C=O) groups is 2. The highest BCUT2D eigenvalue weighted by Gasteiger charge is 2.48. The average molecular weight is 434 g/mol. The maximum atomic E-state index is 13.3. The summed E-state index contributed by atoms with van der Waals surface area (Å²) in [6.45, 7) is 0.873. The third-order valence-electron chi connectivity index (χ3n) is 6.10. The van der Waals surface area contributed by atoms with Gasteiger partial charge in [0.2, 0.25) is 5.91 Å². The van der Waals surface area contributed by atoms with E-state index in [1.54, 1.807) is 22.5 Å². The summed E-state index contributed by atoms with van der Waals surface area (Å²) in [6, 6.07) is 10.8.